The monoisotopic (exact) mass is 433 g/mol. The van der Waals surface area contributed by atoms with E-state index in [2.05, 4.69) is 6.07 Å². The molecule has 0 saturated heterocycles. The number of ether oxygens (including phenoxy) is 3. The molecular formula is C25H20ClNO4. The smallest absolute Gasteiger partial charge is 0.315 e. The fourth-order valence-electron chi connectivity index (χ4n) is 2.93. The Bertz CT molecular complexity index is 1130. The van der Waals surface area contributed by atoms with Crippen LogP contribution in [0.1, 0.15) is 16.7 Å². The molecule has 0 spiro atoms. The molecule has 3 aromatic rings. The SMILES string of the molecule is COc1ccc(CC(=O)Oc2ccc(/C=C(/C#N)c3ccc(Cl)cc3)cc2)cc1OC. The molecular weight excluding hydrogens is 414 g/mol. The van der Waals surface area contributed by atoms with Gasteiger partial charge in [0.05, 0.1) is 32.3 Å². The van der Waals surface area contributed by atoms with E-state index in [1.807, 2.05) is 0 Å². The minimum atomic E-state index is -0.394. The van der Waals surface area contributed by atoms with E-state index in [0.717, 1.165) is 16.7 Å². The number of methoxy groups -OCH3 is 2. The van der Waals surface area contributed by atoms with Crippen LogP contribution in [0.3, 0.4) is 0 Å². The van der Waals surface area contributed by atoms with Crippen molar-refractivity contribution in [3.8, 4) is 23.3 Å². The van der Waals surface area contributed by atoms with Crippen molar-refractivity contribution in [2.45, 2.75) is 6.42 Å². The predicted molar refractivity (Wildman–Crippen MR) is 120 cm³/mol. The number of esters is 1. The summed E-state index contributed by atoms with van der Waals surface area (Å²) in [7, 11) is 3.10. The first-order valence-electron chi connectivity index (χ1n) is 9.41. The summed E-state index contributed by atoms with van der Waals surface area (Å²) in [4.78, 5) is 12.3. The molecule has 0 fully saturated rings. The van der Waals surface area contributed by atoms with E-state index in [9.17, 15) is 10.1 Å². The first-order chi connectivity index (χ1) is 15.0. The van der Waals surface area contributed by atoms with E-state index in [1.165, 1.54) is 0 Å². The Balaban J connectivity index is 1.67. The Hall–Kier alpha value is -3.75. The van der Waals surface area contributed by atoms with Crippen molar-refractivity contribution in [2.75, 3.05) is 14.2 Å². The minimum Gasteiger partial charge on any atom is -0.493 e. The number of nitriles is 1. The summed E-state index contributed by atoms with van der Waals surface area (Å²) in [6, 6.07) is 21.5. The van der Waals surface area contributed by atoms with E-state index in [-0.39, 0.29) is 6.42 Å². The quantitative estimate of drug-likeness (QED) is 0.211. The molecule has 0 atom stereocenters. The number of carbonyl (C=O) groups excluding carboxylic acids is 1. The summed E-state index contributed by atoms with van der Waals surface area (Å²) in [5, 5.41) is 10.1. The van der Waals surface area contributed by atoms with Gasteiger partial charge in [0.25, 0.3) is 0 Å². The van der Waals surface area contributed by atoms with Crippen LogP contribution in [0.2, 0.25) is 5.02 Å². The lowest BCUT2D eigenvalue weighted by Gasteiger charge is -2.09. The fraction of sp³-hybridized carbons (Fsp3) is 0.120. The fourth-order valence-corrected chi connectivity index (χ4v) is 3.06. The number of carbonyl (C=O) groups is 1. The van der Waals surface area contributed by atoms with Gasteiger partial charge in [-0.2, -0.15) is 5.26 Å². The molecule has 3 rings (SSSR count). The molecule has 0 N–H and O–H groups in total. The largest absolute Gasteiger partial charge is 0.493 e. The molecule has 0 aliphatic rings. The molecule has 0 unspecified atom stereocenters. The Kier molecular flexibility index (Phi) is 7.31. The average Bonchev–Trinajstić information content (AvgIpc) is 2.79. The van der Waals surface area contributed by atoms with Crippen LogP contribution in [0.5, 0.6) is 17.2 Å². The molecule has 0 saturated carbocycles. The van der Waals surface area contributed by atoms with Gasteiger partial charge in [-0.3, -0.25) is 4.79 Å². The van der Waals surface area contributed by atoms with Gasteiger partial charge in [-0.05, 0) is 59.2 Å². The lowest BCUT2D eigenvalue weighted by Crippen LogP contribution is -2.11. The van der Waals surface area contributed by atoms with E-state index in [0.29, 0.717) is 27.8 Å². The van der Waals surface area contributed by atoms with Gasteiger partial charge >= 0.3 is 5.97 Å². The molecule has 5 nitrogen and oxygen atoms in total. The number of nitrogens with zero attached hydrogens (tertiary/aromatic N) is 1. The Morgan fingerprint density at radius 1 is 0.968 bits per heavy atom. The minimum absolute atomic E-state index is 0.0944. The molecule has 6 heteroatoms. The third-order valence-electron chi connectivity index (χ3n) is 4.49. The summed E-state index contributed by atoms with van der Waals surface area (Å²) in [6.45, 7) is 0. The summed E-state index contributed by atoms with van der Waals surface area (Å²) in [6.07, 6.45) is 1.86. The number of allylic oxidation sites excluding steroid dienone is 1. The Labute approximate surface area is 186 Å². The van der Waals surface area contributed by atoms with Crippen LogP contribution < -0.4 is 14.2 Å². The van der Waals surface area contributed by atoms with Crippen LogP contribution in [0.4, 0.5) is 0 Å². The van der Waals surface area contributed by atoms with E-state index >= 15 is 0 Å². The topological polar surface area (TPSA) is 68.5 Å². The van der Waals surface area contributed by atoms with E-state index in [4.69, 9.17) is 25.8 Å². The van der Waals surface area contributed by atoms with Crippen LogP contribution in [0.25, 0.3) is 11.6 Å². The van der Waals surface area contributed by atoms with E-state index in [1.54, 1.807) is 87.0 Å². The standard InChI is InChI=1S/C25H20ClNO4/c1-29-23-12-5-18(14-24(23)30-2)15-25(28)31-22-10-3-17(4-11-22)13-20(16-27)19-6-8-21(26)9-7-19/h3-14H,15H2,1-2H3/b20-13-. The highest BCUT2D eigenvalue weighted by atomic mass is 35.5. The van der Waals surface area contributed by atoms with Crippen molar-refractivity contribution in [1.82, 2.24) is 0 Å². The van der Waals surface area contributed by atoms with Gasteiger partial charge < -0.3 is 14.2 Å². The van der Waals surface area contributed by atoms with Crippen molar-refractivity contribution in [1.29, 1.82) is 5.26 Å². The van der Waals surface area contributed by atoms with Crippen molar-refractivity contribution < 1.29 is 19.0 Å². The highest BCUT2D eigenvalue weighted by molar-refractivity contribution is 6.30. The molecule has 0 amide bonds. The molecule has 0 bridgehead atoms. The highest BCUT2D eigenvalue weighted by Crippen LogP contribution is 2.28. The van der Waals surface area contributed by atoms with Gasteiger partial charge in [0, 0.05) is 5.02 Å². The second-order valence-corrected chi connectivity index (χ2v) is 7.02. The Morgan fingerprint density at radius 2 is 1.65 bits per heavy atom. The summed E-state index contributed by atoms with van der Waals surface area (Å²) >= 11 is 5.90. The summed E-state index contributed by atoms with van der Waals surface area (Å²) in [5.41, 5.74) is 2.85. The molecule has 156 valence electrons. The molecule has 0 aromatic heterocycles. The maximum absolute atomic E-state index is 12.3. The van der Waals surface area contributed by atoms with Crippen molar-refractivity contribution in [2.24, 2.45) is 0 Å². The van der Waals surface area contributed by atoms with Crippen molar-refractivity contribution >= 4 is 29.2 Å². The second kappa shape index (κ2) is 10.3. The third kappa shape index (κ3) is 5.88. The number of hydrogen-bond acceptors (Lipinski definition) is 5. The van der Waals surface area contributed by atoms with Gasteiger partial charge in [0.15, 0.2) is 11.5 Å². The number of rotatable bonds is 7. The first kappa shape index (κ1) is 21.9. The highest BCUT2D eigenvalue weighted by Gasteiger charge is 2.10. The summed E-state index contributed by atoms with van der Waals surface area (Å²) < 4.78 is 15.9. The van der Waals surface area contributed by atoms with Crippen LogP contribution in [-0.2, 0) is 11.2 Å². The second-order valence-electron chi connectivity index (χ2n) is 6.59. The zero-order valence-electron chi connectivity index (χ0n) is 17.1. The van der Waals surface area contributed by atoms with Gasteiger partial charge in [-0.1, -0.05) is 41.9 Å². The number of hydrogen-bond donors (Lipinski definition) is 0. The zero-order chi connectivity index (χ0) is 22.2. The molecule has 0 aliphatic carbocycles. The number of benzene rings is 3. The third-order valence-corrected chi connectivity index (χ3v) is 4.75. The zero-order valence-corrected chi connectivity index (χ0v) is 17.8. The maximum atomic E-state index is 12.3. The summed E-state index contributed by atoms with van der Waals surface area (Å²) in [5.74, 6) is 1.18. The van der Waals surface area contributed by atoms with Gasteiger partial charge in [-0.25, -0.2) is 0 Å². The van der Waals surface area contributed by atoms with Gasteiger partial charge in [0.2, 0.25) is 0 Å². The molecule has 0 radical (unpaired) electrons. The molecule has 0 aliphatic heterocycles. The molecule has 3 aromatic carbocycles. The van der Waals surface area contributed by atoms with Crippen LogP contribution >= 0.6 is 11.6 Å². The normalized spacial score (nSPS) is 10.8. The van der Waals surface area contributed by atoms with Crippen LogP contribution in [0.15, 0.2) is 66.7 Å². The molecule has 0 heterocycles. The lowest BCUT2D eigenvalue weighted by atomic mass is 10.0. The van der Waals surface area contributed by atoms with Crippen LogP contribution in [0, 0.1) is 11.3 Å². The van der Waals surface area contributed by atoms with Crippen molar-refractivity contribution in [3.05, 3.63) is 88.4 Å². The first-order valence-corrected chi connectivity index (χ1v) is 9.79. The van der Waals surface area contributed by atoms with Crippen molar-refractivity contribution in [3.63, 3.8) is 0 Å². The average molecular weight is 434 g/mol. The van der Waals surface area contributed by atoms with Crippen LogP contribution in [-0.4, -0.2) is 20.2 Å². The molecule has 31 heavy (non-hydrogen) atoms. The van der Waals surface area contributed by atoms with Gasteiger partial charge in [-0.15, -0.1) is 0 Å². The van der Waals surface area contributed by atoms with Gasteiger partial charge in [0.1, 0.15) is 5.75 Å². The maximum Gasteiger partial charge on any atom is 0.315 e. The lowest BCUT2D eigenvalue weighted by molar-refractivity contribution is -0.133. The van der Waals surface area contributed by atoms with E-state index < -0.39 is 5.97 Å². The predicted octanol–water partition coefficient (Wildman–Crippen LogP) is 5.57. The number of halogens is 1. The Morgan fingerprint density at radius 3 is 2.26 bits per heavy atom.